The van der Waals surface area contributed by atoms with Crippen LogP contribution in [0.15, 0.2) is 72.0 Å². The fourth-order valence-corrected chi connectivity index (χ4v) is 4.30. The average molecular weight is 476 g/mol. The minimum absolute atomic E-state index is 0.0780. The predicted octanol–water partition coefficient (Wildman–Crippen LogP) is 6.31. The van der Waals surface area contributed by atoms with Crippen LogP contribution >= 0.6 is 11.9 Å². The van der Waals surface area contributed by atoms with Crippen LogP contribution in [0.4, 0.5) is 17.6 Å². The number of rotatable bonds is 7. The zero-order valence-corrected chi connectivity index (χ0v) is 17.7. The third kappa shape index (κ3) is 5.64. The molecule has 0 aliphatic heterocycles. The number of halogens is 4. The van der Waals surface area contributed by atoms with Crippen molar-refractivity contribution in [3.63, 3.8) is 0 Å². The molecule has 170 valence electrons. The van der Waals surface area contributed by atoms with Gasteiger partial charge in [-0.2, -0.15) is 0 Å². The minimum atomic E-state index is -4.76. The summed E-state index contributed by atoms with van der Waals surface area (Å²) < 4.78 is 56.6. The first kappa shape index (κ1) is 22.7. The van der Waals surface area contributed by atoms with Crippen LogP contribution in [0.25, 0.3) is 22.0 Å². The molecule has 2 aromatic heterocycles. The lowest BCUT2D eigenvalue weighted by Gasteiger charge is -2.10. The lowest BCUT2D eigenvalue weighted by atomic mass is 10.1. The zero-order valence-electron chi connectivity index (χ0n) is 16.8. The molecular formula is C23H16F4N2O3S. The van der Waals surface area contributed by atoms with Gasteiger partial charge in [0, 0.05) is 40.9 Å². The Morgan fingerprint density at radius 1 is 1.06 bits per heavy atom. The van der Waals surface area contributed by atoms with Gasteiger partial charge >= 0.3 is 12.3 Å². The third-order valence-corrected chi connectivity index (χ3v) is 5.69. The van der Waals surface area contributed by atoms with Gasteiger partial charge in [0.15, 0.2) is 0 Å². The number of benzene rings is 2. The summed E-state index contributed by atoms with van der Waals surface area (Å²) >= 11 is 1.31. The third-order valence-electron chi connectivity index (χ3n) is 4.76. The molecule has 5 nitrogen and oxygen atoms in total. The van der Waals surface area contributed by atoms with Crippen molar-refractivity contribution in [2.75, 3.05) is 0 Å². The second-order valence-electron chi connectivity index (χ2n) is 7.11. The summed E-state index contributed by atoms with van der Waals surface area (Å²) in [7, 11) is 0. The van der Waals surface area contributed by atoms with Gasteiger partial charge in [0.05, 0.1) is 5.52 Å². The molecular weight excluding hydrogens is 460 g/mol. The van der Waals surface area contributed by atoms with Gasteiger partial charge in [-0.3, -0.25) is 13.8 Å². The molecule has 10 heteroatoms. The molecule has 2 aromatic carbocycles. The molecule has 1 N–H and O–H groups in total. The summed E-state index contributed by atoms with van der Waals surface area (Å²) in [6, 6.07) is 11.6. The summed E-state index contributed by atoms with van der Waals surface area (Å²) in [5.41, 5.74) is 2.78. The van der Waals surface area contributed by atoms with E-state index in [9.17, 15) is 22.4 Å². The zero-order chi connectivity index (χ0) is 23.6. The Labute approximate surface area is 189 Å². The number of carbonyl (C=O) groups is 1. The molecule has 0 unspecified atom stereocenters. The van der Waals surface area contributed by atoms with E-state index < -0.39 is 18.1 Å². The maximum atomic E-state index is 13.8. The highest BCUT2D eigenvalue weighted by atomic mass is 32.2. The Morgan fingerprint density at radius 3 is 2.52 bits per heavy atom. The molecule has 2 heterocycles. The van der Waals surface area contributed by atoms with E-state index in [-0.39, 0.29) is 18.6 Å². The highest BCUT2D eigenvalue weighted by Gasteiger charge is 2.31. The SMILES string of the molecule is O=C(O)CCc1cn(Sc2cncc(-c3ccc(OC(F)(F)F)cc3)c2)c2ccc(F)cc12. The number of hydrogen-bond donors (Lipinski definition) is 1. The first-order valence-electron chi connectivity index (χ1n) is 9.69. The maximum absolute atomic E-state index is 13.8. The first-order valence-corrected chi connectivity index (χ1v) is 10.5. The second kappa shape index (κ2) is 9.14. The summed E-state index contributed by atoms with van der Waals surface area (Å²) in [6.07, 6.45) is 0.407. The molecule has 0 spiro atoms. The molecule has 0 saturated heterocycles. The second-order valence-corrected chi connectivity index (χ2v) is 8.16. The Hall–Kier alpha value is -3.53. The smallest absolute Gasteiger partial charge is 0.481 e. The van der Waals surface area contributed by atoms with Crippen molar-refractivity contribution in [3.8, 4) is 16.9 Å². The van der Waals surface area contributed by atoms with Gasteiger partial charge in [0.25, 0.3) is 0 Å². The molecule has 0 atom stereocenters. The lowest BCUT2D eigenvalue weighted by molar-refractivity contribution is -0.274. The number of ether oxygens (including phenoxy) is 1. The van der Waals surface area contributed by atoms with E-state index in [1.165, 1.54) is 48.3 Å². The van der Waals surface area contributed by atoms with Crippen LogP contribution in [0.5, 0.6) is 5.75 Å². The van der Waals surface area contributed by atoms with Gasteiger partial charge < -0.3 is 9.84 Å². The number of carboxylic acid groups (broad SMARTS) is 1. The highest BCUT2D eigenvalue weighted by Crippen LogP contribution is 2.33. The number of alkyl halides is 3. The monoisotopic (exact) mass is 476 g/mol. The highest BCUT2D eigenvalue weighted by molar-refractivity contribution is 7.98. The van der Waals surface area contributed by atoms with Crippen LogP contribution in [0.1, 0.15) is 12.0 Å². The van der Waals surface area contributed by atoms with E-state index in [1.54, 1.807) is 24.7 Å². The summed E-state index contributed by atoms with van der Waals surface area (Å²) in [6.45, 7) is 0. The van der Waals surface area contributed by atoms with Crippen molar-refractivity contribution in [2.24, 2.45) is 0 Å². The van der Waals surface area contributed by atoms with Gasteiger partial charge in [-0.25, -0.2) is 4.39 Å². The Balaban J connectivity index is 1.60. The van der Waals surface area contributed by atoms with Crippen molar-refractivity contribution in [1.82, 2.24) is 8.96 Å². The van der Waals surface area contributed by atoms with Crippen LogP contribution in [-0.4, -0.2) is 26.4 Å². The van der Waals surface area contributed by atoms with E-state index in [0.29, 0.717) is 22.1 Å². The molecule has 0 saturated carbocycles. The predicted molar refractivity (Wildman–Crippen MR) is 115 cm³/mol. The van der Waals surface area contributed by atoms with Crippen LogP contribution < -0.4 is 4.74 Å². The molecule has 0 aliphatic rings. The van der Waals surface area contributed by atoms with Crippen LogP contribution in [0, 0.1) is 5.82 Å². The van der Waals surface area contributed by atoms with E-state index in [2.05, 4.69) is 9.72 Å². The normalized spacial score (nSPS) is 11.6. The Kier molecular flexibility index (Phi) is 6.28. The number of aryl methyl sites for hydroxylation is 1. The number of aromatic nitrogens is 2. The largest absolute Gasteiger partial charge is 0.573 e. The number of hydrogen-bond acceptors (Lipinski definition) is 4. The molecule has 0 radical (unpaired) electrons. The molecule has 0 fully saturated rings. The quantitative estimate of drug-likeness (QED) is 0.317. The number of fused-ring (bicyclic) bond motifs is 1. The molecule has 0 bridgehead atoms. The standard InChI is InChI=1S/C23H16F4N2O3S/c24-17-4-7-21-20(10-17)15(3-8-22(30)31)13-29(21)33-19-9-16(11-28-12-19)14-1-5-18(6-2-14)32-23(25,26)27/h1-2,4-7,9-13H,3,8H2,(H,30,31). The van der Waals surface area contributed by atoms with Crippen molar-refractivity contribution in [1.29, 1.82) is 0 Å². The van der Waals surface area contributed by atoms with Crippen molar-refractivity contribution in [2.45, 2.75) is 24.1 Å². The van der Waals surface area contributed by atoms with Gasteiger partial charge in [-0.15, -0.1) is 13.2 Å². The lowest BCUT2D eigenvalue weighted by Crippen LogP contribution is -2.16. The van der Waals surface area contributed by atoms with Gasteiger partial charge in [0.1, 0.15) is 11.6 Å². The molecule has 0 aliphatic carbocycles. The number of nitrogens with zero attached hydrogens (tertiary/aromatic N) is 2. The minimum Gasteiger partial charge on any atom is -0.481 e. The number of carboxylic acids is 1. The van der Waals surface area contributed by atoms with E-state index >= 15 is 0 Å². The summed E-state index contributed by atoms with van der Waals surface area (Å²) in [4.78, 5) is 15.9. The Bertz CT molecular complexity index is 1300. The number of pyridine rings is 1. The van der Waals surface area contributed by atoms with Crippen molar-refractivity contribution < 1.29 is 32.2 Å². The van der Waals surface area contributed by atoms with Gasteiger partial charge in [0.2, 0.25) is 0 Å². The van der Waals surface area contributed by atoms with Crippen LogP contribution in [-0.2, 0) is 11.2 Å². The maximum Gasteiger partial charge on any atom is 0.573 e. The average Bonchev–Trinajstić information content (AvgIpc) is 3.08. The topological polar surface area (TPSA) is 64.3 Å². The Morgan fingerprint density at radius 2 is 1.82 bits per heavy atom. The molecule has 33 heavy (non-hydrogen) atoms. The van der Waals surface area contributed by atoms with E-state index in [1.807, 2.05) is 10.0 Å². The first-order chi connectivity index (χ1) is 15.7. The van der Waals surface area contributed by atoms with Crippen LogP contribution in [0.3, 0.4) is 0 Å². The summed E-state index contributed by atoms with van der Waals surface area (Å²) in [5.74, 6) is -1.67. The van der Waals surface area contributed by atoms with Crippen LogP contribution in [0.2, 0.25) is 0 Å². The van der Waals surface area contributed by atoms with Crippen molar-refractivity contribution >= 4 is 28.8 Å². The van der Waals surface area contributed by atoms with Gasteiger partial charge in [-0.1, -0.05) is 12.1 Å². The fourth-order valence-electron chi connectivity index (χ4n) is 3.34. The molecule has 4 rings (SSSR count). The molecule has 4 aromatic rings. The molecule has 0 amide bonds. The van der Waals surface area contributed by atoms with E-state index in [4.69, 9.17) is 5.11 Å². The van der Waals surface area contributed by atoms with Crippen molar-refractivity contribution in [3.05, 3.63) is 78.5 Å². The summed E-state index contributed by atoms with van der Waals surface area (Å²) in [5, 5.41) is 9.63. The fraction of sp³-hybridized carbons (Fsp3) is 0.130. The number of aliphatic carboxylic acids is 1. The van der Waals surface area contributed by atoms with Gasteiger partial charge in [-0.05, 0) is 65.9 Å². The van der Waals surface area contributed by atoms with E-state index in [0.717, 1.165) is 10.4 Å².